The highest BCUT2D eigenvalue weighted by Crippen LogP contribution is 2.21. The van der Waals surface area contributed by atoms with Gasteiger partial charge in [-0.2, -0.15) is 0 Å². The van der Waals surface area contributed by atoms with Crippen LogP contribution >= 0.6 is 0 Å². The van der Waals surface area contributed by atoms with Crippen LogP contribution < -0.4 is 0 Å². The van der Waals surface area contributed by atoms with Crippen molar-refractivity contribution in [3.63, 3.8) is 0 Å². The highest BCUT2D eigenvalue weighted by molar-refractivity contribution is 5.74. The maximum atomic E-state index is 8.95. The number of aryl methyl sites for hydroxylation is 1. The van der Waals surface area contributed by atoms with Crippen LogP contribution in [0.15, 0.2) is 6.33 Å². The zero-order chi connectivity index (χ0) is 11.7. The number of nitrogens with zero attached hydrogens (tertiary/aromatic N) is 4. The second-order valence-corrected chi connectivity index (χ2v) is 4.14. The molecular formula is C11H16N4O. The summed E-state index contributed by atoms with van der Waals surface area (Å²) in [4.78, 5) is 13.1. The molecule has 0 unspecified atom stereocenters. The molecule has 0 aliphatic rings. The number of fused-ring (bicyclic) bond motifs is 1. The van der Waals surface area contributed by atoms with E-state index in [1.807, 2.05) is 11.5 Å². The molecule has 0 atom stereocenters. The Kier molecular flexibility index (Phi) is 2.87. The standard InChI is InChI=1S/C11H16N4O/c1-7(2)9-10-11(14-8(3)13-9)15(4-5-16)6-12-10/h6-7,16H,4-5H2,1-3H3. The maximum Gasteiger partial charge on any atom is 0.163 e. The van der Waals surface area contributed by atoms with E-state index < -0.39 is 0 Å². The van der Waals surface area contributed by atoms with Crippen molar-refractivity contribution >= 4 is 11.2 Å². The molecule has 0 aliphatic heterocycles. The van der Waals surface area contributed by atoms with Crippen LogP contribution in [0.4, 0.5) is 0 Å². The molecule has 2 rings (SSSR count). The second-order valence-electron chi connectivity index (χ2n) is 4.14. The van der Waals surface area contributed by atoms with Gasteiger partial charge in [-0.05, 0) is 12.8 Å². The summed E-state index contributed by atoms with van der Waals surface area (Å²) in [6.07, 6.45) is 1.71. The highest BCUT2D eigenvalue weighted by atomic mass is 16.3. The Morgan fingerprint density at radius 3 is 2.75 bits per heavy atom. The van der Waals surface area contributed by atoms with E-state index in [0.717, 1.165) is 22.7 Å². The Balaban J connectivity index is 2.65. The highest BCUT2D eigenvalue weighted by Gasteiger charge is 2.13. The molecule has 0 spiro atoms. The predicted octanol–water partition coefficient (Wildman–Crippen LogP) is 1.25. The number of imidazole rings is 1. The molecule has 5 heteroatoms. The summed E-state index contributed by atoms with van der Waals surface area (Å²) in [5, 5.41) is 8.95. The SMILES string of the molecule is Cc1nc(C(C)C)c2ncn(CCO)c2n1. The average molecular weight is 220 g/mol. The number of hydrogen-bond acceptors (Lipinski definition) is 4. The Morgan fingerprint density at radius 2 is 2.12 bits per heavy atom. The Bertz CT molecular complexity index is 504. The van der Waals surface area contributed by atoms with Crippen molar-refractivity contribution in [2.24, 2.45) is 0 Å². The van der Waals surface area contributed by atoms with Gasteiger partial charge in [-0.15, -0.1) is 0 Å². The fourth-order valence-electron chi connectivity index (χ4n) is 1.75. The molecule has 1 N–H and O–H groups in total. The van der Waals surface area contributed by atoms with E-state index in [1.165, 1.54) is 0 Å². The minimum atomic E-state index is 0.0888. The van der Waals surface area contributed by atoms with E-state index in [4.69, 9.17) is 5.11 Å². The van der Waals surface area contributed by atoms with Crippen LogP contribution in [0.1, 0.15) is 31.3 Å². The van der Waals surface area contributed by atoms with Crippen LogP contribution in [0.3, 0.4) is 0 Å². The first-order valence-electron chi connectivity index (χ1n) is 5.43. The van der Waals surface area contributed by atoms with Crippen molar-refractivity contribution in [2.45, 2.75) is 33.2 Å². The van der Waals surface area contributed by atoms with E-state index in [9.17, 15) is 0 Å². The van der Waals surface area contributed by atoms with Crippen molar-refractivity contribution in [3.8, 4) is 0 Å². The summed E-state index contributed by atoms with van der Waals surface area (Å²) < 4.78 is 1.86. The van der Waals surface area contributed by atoms with Crippen LogP contribution in [-0.2, 0) is 6.54 Å². The van der Waals surface area contributed by atoms with Crippen LogP contribution in [0.5, 0.6) is 0 Å². The van der Waals surface area contributed by atoms with Crippen LogP contribution in [0.25, 0.3) is 11.2 Å². The van der Waals surface area contributed by atoms with Crippen molar-refractivity contribution < 1.29 is 5.11 Å². The van der Waals surface area contributed by atoms with Gasteiger partial charge in [-0.1, -0.05) is 13.8 Å². The molecule has 0 aromatic carbocycles. The number of aliphatic hydroxyl groups excluding tert-OH is 1. The van der Waals surface area contributed by atoms with Gasteiger partial charge in [0, 0.05) is 6.54 Å². The summed E-state index contributed by atoms with van der Waals surface area (Å²) in [5.41, 5.74) is 2.62. The minimum absolute atomic E-state index is 0.0888. The monoisotopic (exact) mass is 220 g/mol. The third kappa shape index (κ3) is 1.78. The Hall–Kier alpha value is -1.49. The second kappa shape index (κ2) is 4.17. The minimum Gasteiger partial charge on any atom is -0.395 e. The first kappa shape index (κ1) is 11.0. The molecule has 0 amide bonds. The zero-order valence-corrected chi connectivity index (χ0v) is 9.80. The largest absolute Gasteiger partial charge is 0.395 e. The van der Waals surface area contributed by atoms with E-state index in [2.05, 4.69) is 28.8 Å². The van der Waals surface area contributed by atoms with Crippen LogP contribution in [-0.4, -0.2) is 31.2 Å². The predicted molar refractivity (Wildman–Crippen MR) is 61.2 cm³/mol. The number of aliphatic hydroxyl groups is 1. The zero-order valence-electron chi connectivity index (χ0n) is 9.80. The van der Waals surface area contributed by atoms with Gasteiger partial charge in [0.1, 0.15) is 11.3 Å². The van der Waals surface area contributed by atoms with Gasteiger partial charge >= 0.3 is 0 Å². The lowest BCUT2D eigenvalue weighted by Crippen LogP contribution is -2.04. The number of aromatic nitrogens is 4. The third-order valence-corrected chi connectivity index (χ3v) is 2.49. The normalized spacial score (nSPS) is 11.6. The molecule has 2 aromatic heterocycles. The summed E-state index contributed by atoms with van der Waals surface area (Å²) >= 11 is 0. The lowest BCUT2D eigenvalue weighted by molar-refractivity contribution is 0.277. The lowest BCUT2D eigenvalue weighted by Gasteiger charge is -2.07. The number of hydrogen-bond donors (Lipinski definition) is 1. The van der Waals surface area contributed by atoms with Gasteiger partial charge in [0.25, 0.3) is 0 Å². The maximum absolute atomic E-state index is 8.95. The molecule has 86 valence electrons. The summed E-state index contributed by atoms with van der Waals surface area (Å²) in [6, 6.07) is 0. The number of rotatable bonds is 3. The topological polar surface area (TPSA) is 63.8 Å². The molecule has 2 aromatic rings. The molecule has 0 fully saturated rings. The summed E-state index contributed by atoms with van der Waals surface area (Å²) in [6.45, 7) is 6.66. The smallest absolute Gasteiger partial charge is 0.163 e. The Morgan fingerprint density at radius 1 is 1.38 bits per heavy atom. The van der Waals surface area contributed by atoms with E-state index >= 15 is 0 Å². The van der Waals surface area contributed by atoms with Gasteiger partial charge in [0.05, 0.1) is 18.6 Å². The van der Waals surface area contributed by atoms with Crippen LogP contribution in [0, 0.1) is 6.92 Å². The Labute approximate surface area is 94.2 Å². The van der Waals surface area contributed by atoms with Crippen molar-refractivity contribution in [3.05, 3.63) is 17.8 Å². The fourth-order valence-corrected chi connectivity index (χ4v) is 1.75. The van der Waals surface area contributed by atoms with Gasteiger partial charge in [-0.25, -0.2) is 15.0 Å². The molecule has 0 bridgehead atoms. The molecule has 0 radical (unpaired) electrons. The van der Waals surface area contributed by atoms with Crippen molar-refractivity contribution in [1.82, 2.24) is 19.5 Å². The summed E-state index contributed by atoms with van der Waals surface area (Å²) in [7, 11) is 0. The van der Waals surface area contributed by atoms with Gasteiger partial charge in [0.2, 0.25) is 0 Å². The molecule has 2 heterocycles. The molecule has 0 saturated heterocycles. The van der Waals surface area contributed by atoms with E-state index in [-0.39, 0.29) is 6.61 Å². The fraction of sp³-hybridized carbons (Fsp3) is 0.545. The molecular weight excluding hydrogens is 204 g/mol. The summed E-state index contributed by atoms with van der Waals surface area (Å²) in [5.74, 6) is 1.07. The lowest BCUT2D eigenvalue weighted by atomic mass is 10.1. The van der Waals surface area contributed by atoms with E-state index in [0.29, 0.717) is 12.5 Å². The van der Waals surface area contributed by atoms with E-state index in [1.54, 1.807) is 6.33 Å². The first-order valence-corrected chi connectivity index (χ1v) is 5.43. The van der Waals surface area contributed by atoms with Gasteiger partial charge in [-0.3, -0.25) is 0 Å². The molecule has 5 nitrogen and oxygen atoms in total. The van der Waals surface area contributed by atoms with Crippen molar-refractivity contribution in [1.29, 1.82) is 0 Å². The quantitative estimate of drug-likeness (QED) is 0.845. The first-order chi connectivity index (χ1) is 7.63. The average Bonchev–Trinajstić information content (AvgIpc) is 2.61. The van der Waals surface area contributed by atoms with Gasteiger partial charge < -0.3 is 9.67 Å². The van der Waals surface area contributed by atoms with Crippen LogP contribution in [0.2, 0.25) is 0 Å². The van der Waals surface area contributed by atoms with Crippen molar-refractivity contribution in [2.75, 3.05) is 6.61 Å². The molecule has 0 aliphatic carbocycles. The third-order valence-electron chi connectivity index (χ3n) is 2.49. The molecule has 16 heavy (non-hydrogen) atoms. The van der Waals surface area contributed by atoms with Gasteiger partial charge in [0.15, 0.2) is 5.65 Å². The molecule has 0 saturated carbocycles.